The van der Waals surface area contributed by atoms with Crippen LogP contribution in [0.5, 0.6) is 0 Å². The van der Waals surface area contributed by atoms with Crippen LogP contribution in [0.3, 0.4) is 0 Å². The minimum absolute atomic E-state index is 0. The van der Waals surface area contributed by atoms with Crippen LogP contribution in [-0.4, -0.2) is 14.5 Å². The van der Waals surface area contributed by atoms with Crippen molar-refractivity contribution < 1.29 is 66.4 Å². The van der Waals surface area contributed by atoms with Gasteiger partial charge in [-0.15, -0.1) is 0 Å². The number of hydrogen-bond donors (Lipinski definition) is 1. The van der Waals surface area contributed by atoms with Gasteiger partial charge >= 0.3 is 51.4 Å². The Labute approximate surface area is 132 Å². The van der Waals surface area contributed by atoms with Gasteiger partial charge in [0.25, 0.3) is 0 Å². The maximum atomic E-state index is 11.0. The summed E-state index contributed by atoms with van der Waals surface area (Å²) >= 11 is 4.37. The van der Waals surface area contributed by atoms with Crippen molar-refractivity contribution in [3.05, 3.63) is 29.8 Å². The molecule has 0 amide bonds. The molecule has 0 aromatic heterocycles. The largest absolute Gasteiger partial charge is 1.00 e. The number of Topliss-reactive ketones (excluding diaryl/α,β-unsaturated/α-hetero) is 1. The minimum atomic E-state index is -3.38. The van der Waals surface area contributed by atoms with Gasteiger partial charge in [-0.1, -0.05) is 12.1 Å². The molecule has 0 aliphatic rings. The predicted molar refractivity (Wildman–Crippen MR) is 54.0 cm³/mol. The second kappa shape index (κ2) is 5.81. The molecule has 0 radical (unpaired) electrons. The molecule has 1 N–H and O–H groups in total. The monoisotopic (exact) mass is 256 g/mol. The summed E-state index contributed by atoms with van der Waals surface area (Å²) in [4.78, 5) is 11.0. The van der Waals surface area contributed by atoms with Gasteiger partial charge < -0.3 is 5.98 Å². The number of ketones is 1. The summed E-state index contributed by atoms with van der Waals surface area (Å²) < 4.78 is 20.0. The number of benzene rings is 1. The Morgan fingerprint density at radius 1 is 1.57 bits per heavy atom. The van der Waals surface area contributed by atoms with Crippen LogP contribution in [-0.2, 0) is 20.0 Å². The fraction of sp³-hybridized carbons (Fsp3) is 0.125. The van der Waals surface area contributed by atoms with E-state index >= 15 is 0 Å². The average Bonchev–Trinajstić information content (AvgIpc) is 2.03. The van der Waals surface area contributed by atoms with Crippen LogP contribution in [0.1, 0.15) is 18.7 Å². The summed E-state index contributed by atoms with van der Waals surface area (Å²) in [6, 6.07) is 5.89. The van der Waals surface area contributed by atoms with Crippen molar-refractivity contribution in [1.29, 1.82) is 0 Å². The van der Waals surface area contributed by atoms with E-state index in [0.717, 1.165) is 0 Å². The summed E-state index contributed by atoms with van der Waals surface area (Å²) in [6.45, 7) is 1.39. The summed E-state index contributed by atoms with van der Waals surface area (Å²) in [5, 5.41) is 0. The van der Waals surface area contributed by atoms with Crippen LogP contribution in [0.2, 0.25) is 0 Å². The molecule has 14 heavy (non-hydrogen) atoms. The molecule has 0 heterocycles. The van der Waals surface area contributed by atoms with E-state index in [0.29, 0.717) is 5.56 Å². The van der Waals surface area contributed by atoms with E-state index < -0.39 is 8.77 Å². The fourth-order valence-corrected chi connectivity index (χ4v) is 1.71. The first-order chi connectivity index (χ1) is 5.91. The first-order valence-electron chi connectivity index (χ1n) is 3.50. The molecule has 1 atom stereocenters. The van der Waals surface area contributed by atoms with Crippen molar-refractivity contribution in [3.8, 4) is 0 Å². The predicted octanol–water partition coefficient (Wildman–Crippen LogP) is -1.42. The fourth-order valence-electron chi connectivity index (χ4n) is 0.876. The molecule has 1 rings (SSSR count). The Hall–Kier alpha value is 0.856. The van der Waals surface area contributed by atoms with Crippen LogP contribution >= 0.6 is 0 Å². The molecular weight excluding hydrogens is 247 g/mol. The summed E-state index contributed by atoms with van der Waals surface area (Å²) in [7, 11) is -3.38. The van der Waals surface area contributed by atoms with E-state index in [4.69, 9.17) is 4.55 Å². The van der Waals surface area contributed by atoms with Crippen LogP contribution in [0.25, 0.3) is 0 Å². The van der Waals surface area contributed by atoms with Crippen LogP contribution in [0.4, 0.5) is 0 Å². The van der Waals surface area contributed by atoms with Crippen molar-refractivity contribution in [2.24, 2.45) is 0 Å². The molecule has 1 aromatic carbocycles. The summed E-state index contributed by atoms with van der Waals surface area (Å²) in [6.07, 6.45) is 0. The maximum Gasteiger partial charge on any atom is 1.00 e. The molecule has 3 nitrogen and oxygen atoms in total. The van der Waals surface area contributed by atoms with E-state index in [1.54, 1.807) is 6.07 Å². The second-order valence-electron chi connectivity index (χ2n) is 2.56. The second-order valence-corrected chi connectivity index (χ2v) is 5.34. The van der Waals surface area contributed by atoms with Gasteiger partial charge in [-0.3, -0.25) is 4.79 Å². The van der Waals surface area contributed by atoms with Crippen molar-refractivity contribution in [1.82, 2.24) is 0 Å². The third-order valence-corrected chi connectivity index (χ3v) is 2.97. The van der Waals surface area contributed by atoms with Gasteiger partial charge in [0.15, 0.2) is 14.6 Å². The quantitative estimate of drug-likeness (QED) is 0.521. The number of carbonyl (C=O) groups is 1. The Morgan fingerprint density at radius 3 is 2.57 bits per heavy atom. The molecule has 0 aliphatic carbocycles. The van der Waals surface area contributed by atoms with Gasteiger partial charge in [0.05, 0.1) is 4.90 Å². The number of rotatable bonds is 2. The smallest absolute Gasteiger partial charge is 1.00 e. The van der Waals surface area contributed by atoms with E-state index in [9.17, 15) is 9.00 Å². The zero-order chi connectivity index (χ0) is 10.1. The van der Waals surface area contributed by atoms with E-state index in [1.165, 1.54) is 25.1 Å². The zero-order valence-corrected chi connectivity index (χ0v) is 12.6. The zero-order valence-electron chi connectivity index (χ0n) is 8.89. The van der Waals surface area contributed by atoms with Crippen LogP contribution < -0.4 is 51.4 Å². The van der Waals surface area contributed by atoms with Crippen LogP contribution in [0, 0.1) is 0 Å². The van der Waals surface area contributed by atoms with Gasteiger partial charge in [0.1, 0.15) is 0 Å². The van der Waals surface area contributed by atoms with Crippen molar-refractivity contribution in [2.45, 2.75) is 11.8 Å². The molecule has 6 heteroatoms. The SMILES string of the molecule is CC(=O)c1cccc(S(=O)(O)=S)c1.[H-].[K+]. The Balaban J connectivity index is 0. The minimum Gasteiger partial charge on any atom is -1.00 e. The van der Waals surface area contributed by atoms with Crippen molar-refractivity contribution in [2.75, 3.05) is 0 Å². The average molecular weight is 256 g/mol. The third kappa shape index (κ3) is 4.15. The Morgan fingerprint density at radius 2 is 2.14 bits per heavy atom. The molecule has 0 saturated heterocycles. The standard InChI is InChI=1S/C8H8O3S2.K.H/c1-6(9)7-3-2-4-8(5-7)13(10,11)12;;/h2-5H,1H3,(H,10,11,12);;/q;+1;-1. The molecule has 0 fully saturated rings. The number of carbonyl (C=O) groups excluding carboxylic acids is 1. The molecule has 0 spiro atoms. The molecule has 1 unspecified atom stereocenters. The van der Waals surface area contributed by atoms with Gasteiger partial charge in [0, 0.05) is 16.8 Å². The Bertz CT molecular complexity index is 445. The van der Waals surface area contributed by atoms with Gasteiger partial charge in [-0.2, -0.15) is 0 Å². The van der Waals surface area contributed by atoms with E-state index in [1.807, 2.05) is 0 Å². The van der Waals surface area contributed by atoms with Crippen LogP contribution in [0.15, 0.2) is 29.2 Å². The molecule has 1 aromatic rings. The summed E-state index contributed by atoms with van der Waals surface area (Å²) in [5.74, 6) is -0.152. The first-order valence-corrected chi connectivity index (χ1v) is 5.94. The molecule has 0 aliphatic heterocycles. The first kappa shape index (κ1) is 14.9. The molecule has 72 valence electrons. The van der Waals surface area contributed by atoms with Gasteiger partial charge in [0.2, 0.25) is 0 Å². The van der Waals surface area contributed by atoms with Crippen molar-refractivity contribution >= 4 is 25.7 Å². The maximum absolute atomic E-state index is 11.0. The summed E-state index contributed by atoms with van der Waals surface area (Å²) in [5.41, 5.74) is 0.393. The Kier molecular flexibility index (Phi) is 6.16. The number of hydrogen-bond acceptors (Lipinski definition) is 3. The van der Waals surface area contributed by atoms with Crippen molar-refractivity contribution in [3.63, 3.8) is 0 Å². The van der Waals surface area contributed by atoms with Gasteiger partial charge in [-0.25, -0.2) is 4.21 Å². The molecule has 0 bridgehead atoms. The molecular formula is C8H9KO3S2. The van der Waals surface area contributed by atoms with E-state index in [2.05, 4.69) is 11.2 Å². The molecule has 0 saturated carbocycles. The normalized spacial score (nSPS) is 13.9. The van der Waals surface area contributed by atoms with Gasteiger partial charge in [-0.05, 0) is 19.1 Å². The van der Waals surface area contributed by atoms with E-state index in [-0.39, 0.29) is 63.5 Å². The topological polar surface area (TPSA) is 54.4 Å². The third-order valence-electron chi connectivity index (χ3n) is 1.54.